The molecule has 1 amide bonds. The highest BCUT2D eigenvalue weighted by atomic mass is 16.7. The zero-order valence-corrected chi connectivity index (χ0v) is 62.4. The fourth-order valence-electron chi connectivity index (χ4n) is 12.6. The molecule has 0 saturated carbocycles. The zero-order chi connectivity index (χ0) is 71.5. The average Bonchev–Trinajstić information content (AvgIpc) is 0.799. The molecule has 0 bridgehead atoms. The van der Waals surface area contributed by atoms with Crippen molar-refractivity contribution in [2.24, 2.45) is 0 Å². The molecule has 0 aromatic carbocycles. The lowest BCUT2D eigenvalue weighted by atomic mass is 9.97. The SMILES string of the molecule is CC/C=C\C/C=C\C/C=C\C/C=C\C/C=C\C/C=C\C/C=C\C/C=C\C/C=C\CCCCCCCCCC(=O)NC(COC1OC(CO)C(OC2OC(CO)C(O)C(O)C2O)C(O)C1O)C(O)/C=C/CCCCCCCCCCCCCCCCCCCCCCCCCCCCCC. The predicted octanol–water partition coefficient (Wildman–Crippen LogP) is 18.4. The molecule has 0 radical (unpaired) electrons. The van der Waals surface area contributed by atoms with Gasteiger partial charge in [0.1, 0.15) is 48.8 Å². The van der Waals surface area contributed by atoms with Gasteiger partial charge in [0, 0.05) is 6.42 Å². The standard InChI is InChI=1S/C85H147NO13/c1-3-5-7-9-11-13-15-17-19-21-23-25-27-29-31-33-35-36-37-38-39-41-43-45-47-49-51-53-55-57-59-61-63-65-67-69-77(90)86-73(72-96-84-82(95)80(93)83(76(71-88)98-84)99-85-81(94)79(92)78(91)75(70-87)97-85)74(89)68-66-64-62-60-58-56-54-52-50-48-46-44-42-40-34-32-30-28-26-24-22-20-18-16-14-12-10-8-6-4-2/h5,7,11,13,17,19,23,25,29,31,35-36,38-39,43,45,49,51,66,68,73-76,78-85,87-89,91-95H,3-4,6,8-10,12,14-16,18,20-22,24,26-28,30,32-34,37,40-42,44,46-48,50,52-65,67,69-72H2,1-2H3,(H,86,90)/b7-5-,13-11-,19-17-,25-23-,31-29-,36-35-,39-38-,45-43-,51-49-,68-66+. The summed E-state index contributed by atoms with van der Waals surface area (Å²) in [5.41, 5.74) is 0. The van der Waals surface area contributed by atoms with Gasteiger partial charge in [-0.15, -0.1) is 0 Å². The molecule has 99 heavy (non-hydrogen) atoms. The van der Waals surface area contributed by atoms with Crippen LogP contribution in [0, 0.1) is 0 Å². The summed E-state index contributed by atoms with van der Waals surface area (Å²) in [5.74, 6) is -0.252. The summed E-state index contributed by atoms with van der Waals surface area (Å²) in [5, 5.41) is 87.7. The van der Waals surface area contributed by atoms with Gasteiger partial charge in [-0.2, -0.15) is 0 Å². The van der Waals surface area contributed by atoms with Crippen LogP contribution < -0.4 is 5.32 Å². The van der Waals surface area contributed by atoms with Crippen molar-refractivity contribution in [2.45, 2.75) is 389 Å². The van der Waals surface area contributed by atoms with Crippen molar-refractivity contribution in [3.63, 3.8) is 0 Å². The van der Waals surface area contributed by atoms with Gasteiger partial charge in [0.25, 0.3) is 0 Å². The van der Waals surface area contributed by atoms with Crippen LogP contribution in [-0.4, -0.2) is 140 Å². The zero-order valence-electron chi connectivity index (χ0n) is 62.4. The maximum absolute atomic E-state index is 13.4. The third-order valence-electron chi connectivity index (χ3n) is 18.9. The van der Waals surface area contributed by atoms with E-state index in [-0.39, 0.29) is 18.9 Å². The lowest BCUT2D eigenvalue weighted by Gasteiger charge is -2.46. The maximum Gasteiger partial charge on any atom is 0.220 e. The van der Waals surface area contributed by atoms with Crippen LogP contribution in [0.1, 0.15) is 316 Å². The minimum atomic E-state index is -1.80. The van der Waals surface area contributed by atoms with Gasteiger partial charge in [-0.3, -0.25) is 4.79 Å². The van der Waals surface area contributed by atoms with Crippen LogP contribution in [0.25, 0.3) is 0 Å². The van der Waals surface area contributed by atoms with Crippen LogP contribution in [0.3, 0.4) is 0 Å². The first-order valence-electron chi connectivity index (χ1n) is 40.3. The van der Waals surface area contributed by atoms with E-state index < -0.39 is 86.8 Å². The summed E-state index contributed by atoms with van der Waals surface area (Å²) >= 11 is 0. The predicted molar refractivity (Wildman–Crippen MR) is 410 cm³/mol. The number of nitrogens with one attached hydrogen (secondary N) is 1. The van der Waals surface area contributed by atoms with E-state index in [1.54, 1.807) is 6.08 Å². The molecule has 2 heterocycles. The summed E-state index contributed by atoms with van der Waals surface area (Å²) in [6.45, 7) is 2.71. The van der Waals surface area contributed by atoms with E-state index in [1.165, 1.54) is 167 Å². The van der Waals surface area contributed by atoms with Crippen molar-refractivity contribution in [1.29, 1.82) is 0 Å². The number of amides is 1. The Morgan fingerprint density at radius 3 is 1.07 bits per heavy atom. The summed E-state index contributed by atoms with van der Waals surface area (Å²) < 4.78 is 22.9. The van der Waals surface area contributed by atoms with Crippen molar-refractivity contribution >= 4 is 5.91 Å². The number of hydrogen-bond donors (Lipinski definition) is 9. The van der Waals surface area contributed by atoms with Crippen LogP contribution >= 0.6 is 0 Å². The van der Waals surface area contributed by atoms with E-state index in [9.17, 15) is 45.6 Å². The highest BCUT2D eigenvalue weighted by molar-refractivity contribution is 5.76. The molecule has 0 aromatic heterocycles. The van der Waals surface area contributed by atoms with E-state index in [4.69, 9.17) is 18.9 Å². The van der Waals surface area contributed by atoms with Crippen LogP contribution in [0.5, 0.6) is 0 Å². The molecule has 12 atom stereocenters. The summed E-state index contributed by atoms with van der Waals surface area (Å²) in [6.07, 6.45) is 82.6. The third kappa shape index (κ3) is 50.4. The molecule has 9 N–H and O–H groups in total. The van der Waals surface area contributed by atoms with Gasteiger partial charge < -0.3 is 65.1 Å². The van der Waals surface area contributed by atoms with E-state index in [1.807, 2.05) is 6.08 Å². The molecule has 2 aliphatic rings. The second-order valence-electron chi connectivity index (χ2n) is 27.8. The van der Waals surface area contributed by atoms with Crippen molar-refractivity contribution < 1.29 is 64.6 Å². The molecule has 14 nitrogen and oxygen atoms in total. The fourth-order valence-corrected chi connectivity index (χ4v) is 12.6. The first-order valence-corrected chi connectivity index (χ1v) is 40.3. The van der Waals surface area contributed by atoms with Crippen LogP contribution in [0.15, 0.2) is 122 Å². The normalized spacial score (nSPS) is 22.6. The monoisotopic (exact) mass is 1390 g/mol. The highest BCUT2D eigenvalue weighted by Gasteiger charge is 2.51. The third-order valence-corrected chi connectivity index (χ3v) is 18.9. The van der Waals surface area contributed by atoms with Crippen molar-refractivity contribution in [2.75, 3.05) is 19.8 Å². The quantitative estimate of drug-likeness (QED) is 0.0204. The second kappa shape index (κ2) is 67.6. The van der Waals surface area contributed by atoms with E-state index in [0.717, 1.165) is 122 Å². The minimum Gasteiger partial charge on any atom is -0.394 e. The number of carbonyl (C=O) groups excluding carboxylic acids is 1. The van der Waals surface area contributed by atoms with Gasteiger partial charge in [-0.05, 0) is 89.9 Å². The van der Waals surface area contributed by atoms with Crippen molar-refractivity contribution in [1.82, 2.24) is 5.32 Å². The Labute approximate surface area is 603 Å². The van der Waals surface area contributed by atoms with Gasteiger partial charge in [0.2, 0.25) is 5.91 Å². The van der Waals surface area contributed by atoms with Crippen molar-refractivity contribution in [3.05, 3.63) is 122 Å². The minimum absolute atomic E-state index is 0.252. The molecule has 12 unspecified atom stereocenters. The molecular weight excluding hydrogens is 1240 g/mol. The van der Waals surface area contributed by atoms with E-state index in [0.29, 0.717) is 6.42 Å². The van der Waals surface area contributed by atoms with Gasteiger partial charge in [-0.25, -0.2) is 0 Å². The molecule has 0 spiro atoms. The highest BCUT2D eigenvalue weighted by Crippen LogP contribution is 2.30. The molecule has 2 fully saturated rings. The molecular formula is C85H147NO13. The Bertz CT molecular complexity index is 2130. The second-order valence-corrected chi connectivity index (χ2v) is 27.8. The molecule has 0 aliphatic carbocycles. The Balaban J connectivity index is 1.65. The topological polar surface area (TPSA) is 228 Å². The van der Waals surface area contributed by atoms with Crippen LogP contribution in [0.2, 0.25) is 0 Å². The van der Waals surface area contributed by atoms with Crippen LogP contribution in [-0.2, 0) is 23.7 Å². The van der Waals surface area contributed by atoms with Gasteiger partial charge in [0.15, 0.2) is 12.6 Å². The molecule has 14 heteroatoms. The molecule has 2 saturated heterocycles. The number of rotatable bonds is 66. The summed E-state index contributed by atoms with van der Waals surface area (Å²) in [6, 6.07) is -0.932. The lowest BCUT2D eigenvalue weighted by molar-refractivity contribution is -0.359. The smallest absolute Gasteiger partial charge is 0.220 e. The first kappa shape index (κ1) is 91.5. The molecule has 570 valence electrons. The Kier molecular flexibility index (Phi) is 62.4. The largest absolute Gasteiger partial charge is 0.394 e. The molecule has 2 rings (SSSR count). The van der Waals surface area contributed by atoms with Crippen molar-refractivity contribution in [3.8, 4) is 0 Å². The summed E-state index contributed by atoms with van der Waals surface area (Å²) in [4.78, 5) is 13.4. The van der Waals surface area contributed by atoms with E-state index in [2.05, 4.69) is 129 Å². The molecule has 0 aromatic rings. The van der Waals surface area contributed by atoms with Crippen LogP contribution in [0.4, 0.5) is 0 Å². The number of carbonyl (C=O) groups is 1. The van der Waals surface area contributed by atoms with Gasteiger partial charge in [0.05, 0.1) is 32.0 Å². The van der Waals surface area contributed by atoms with Gasteiger partial charge >= 0.3 is 0 Å². The Hall–Kier alpha value is -3.61. The number of aliphatic hydroxyl groups is 8. The summed E-state index contributed by atoms with van der Waals surface area (Å²) in [7, 11) is 0. The maximum atomic E-state index is 13.4. The average molecular weight is 1390 g/mol. The van der Waals surface area contributed by atoms with Gasteiger partial charge in [-0.1, -0.05) is 341 Å². The van der Waals surface area contributed by atoms with E-state index >= 15 is 0 Å². The Morgan fingerprint density at radius 2 is 0.697 bits per heavy atom. The number of hydrogen-bond acceptors (Lipinski definition) is 13. The Morgan fingerprint density at radius 1 is 0.374 bits per heavy atom. The number of aliphatic hydroxyl groups excluding tert-OH is 8. The number of allylic oxidation sites excluding steroid dienone is 19. The lowest BCUT2D eigenvalue weighted by Crippen LogP contribution is -2.65. The molecule has 2 aliphatic heterocycles. The first-order chi connectivity index (χ1) is 48.6. The fraction of sp³-hybridized carbons (Fsp3) is 0.753. The number of ether oxygens (including phenoxy) is 4. The number of unbranched alkanes of at least 4 members (excludes halogenated alkanes) is 35.